The zero-order valence-electron chi connectivity index (χ0n) is 11.9. The Morgan fingerprint density at radius 1 is 1.40 bits per heavy atom. The Morgan fingerprint density at radius 2 is 1.95 bits per heavy atom. The van der Waals surface area contributed by atoms with Crippen LogP contribution in [0.5, 0.6) is 0 Å². The van der Waals surface area contributed by atoms with Crippen LogP contribution in [0.2, 0.25) is 0 Å². The van der Waals surface area contributed by atoms with E-state index in [2.05, 4.69) is 42.9 Å². The van der Waals surface area contributed by atoms with E-state index in [1.807, 2.05) is 6.07 Å². The van der Waals surface area contributed by atoms with E-state index in [0.29, 0.717) is 11.7 Å². The van der Waals surface area contributed by atoms with Crippen molar-refractivity contribution in [1.29, 1.82) is 0 Å². The third-order valence-corrected chi connectivity index (χ3v) is 7.15. The molecule has 0 bridgehead atoms. The molecule has 0 aliphatic carbocycles. The number of hydrogen-bond acceptors (Lipinski definition) is 3. The summed E-state index contributed by atoms with van der Waals surface area (Å²) in [6.07, 6.45) is 6.26. The van der Waals surface area contributed by atoms with E-state index < -0.39 is 13.3 Å². The van der Waals surface area contributed by atoms with Gasteiger partial charge in [-0.3, -0.25) is 0 Å². The lowest BCUT2D eigenvalue weighted by Crippen LogP contribution is -2.38. The maximum atomic E-state index is 12.1. The minimum absolute atomic E-state index is 0.509. The van der Waals surface area contributed by atoms with E-state index in [-0.39, 0.29) is 0 Å². The highest BCUT2D eigenvalue weighted by Crippen LogP contribution is 2.68. The molecule has 112 valence electrons. The summed E-state index contributed by atoms with van der Waals surface area (Å²) in [5, 5.41) is 15.3. The SMILES string of the molecule is CCC(CC1CP1(=O)CC)[n+]1ccccc1.O=C([O-])O. The number of carboxylic acid groups (broad SMARTS) is 2. The van der Waals surface area contributed by atoms with E-state index in [9.17, 15) is 4.57 Å². The Morgan fingerprint density at radius 3 is 2.35 bits per heavy atom. The van der Waals surface area contributed by atoms with E-state index in [0.717, 1.165) is 25.2 Å². The standard InChI is InChI=1S/C13H21NOP.CH2O3/c1-3-12(14-8-6-5-7-9-14)10-13-11-16(13,15)4-2;2-1(3)4/h5-9,12-13H,3-4,10-11H2,1-2H3;(H2,2,3,4)/q+1;/p-1. The van der Waals surface area contributed by atoms with Crippen molar-refractivity contribution in [1.82, 2.24) is 0 Å². The largest absolute Gasteiger partial charge is 0.565 e. The minimum atomic E-state index is -2.08. The second-order valence-corrected chi connectivity index (χ2v) is 8.62. The van der Waals surface area contributed by atoms with Crippen LogP contribution in [-0.2, 0) is 4.57 Å². The molecule has 1 N–H and O–H groups in total. The van der Waals surface area contributed by atoms with Gasteiger partial charge in [0.2, 0.25) is 6.16 Å². The zero-order chi connectivity index (χ0) is 15.2. The molecule has 1 aliphatic rings. The number of carbonyl (C=O) groups is 1. The molecular formula is C14H22NO4P. The van der Waals surface area contributed by atoms with Gasteiger partial charge in [0, 0.05) is 36.8 Å². The molecule has 5 nitrogen and oxygen atoms in total. The van der Waals surface area contributed by atoms with Gasteiger partial charge in [-0.15, -0.1) is 0 Å². The van der Waals surface area contributed by atoms with E-state index in [1.54, 1.807) is 0 Å². The maximum Gasteiger partial charge on any atom is 0.249 e. The fraction of sp³-hybridized carbons (Fsp3) is 0.571. The first-order chi connectivity index (χ1) is 9.42. The predicted octanol–water partition coefficient (Wildman–Crippen LogP) is 1.97. The van der Waals surface area contributed by atoms with E-state index >= 15 is 0 Å². The average molecular weight is 299 g/mol. The van der Waals surface area contributed by atoms with Gasteiger partial charge in [-0.25, -0.2) is 4.57 Å². The van der Waals surface area contributed by atoms with Gasteiger partial charge >= 0.3 is 0 Å². The van der Waals surface area contributed by atoms with Crippen molar-refractivity contribution in [3.8, 4) is 0 Å². The molecule has 0 aromatic carbocycles. The first-order valence-corrected chi connectivity index (χ1v) is 9.01. The second kappa shape index (κ2) is 7.44. The number of rotatable bonds is 5. The van der Waals surface area contributed by atoms with Crippen molar-refractivity contribution in [3.05, 3.63) is 30.6 Å². The van der Waals surface area contributed by atoms with Crippen molar-refractivity contribution in [2.24, 2.45) is 0 Å². The van der Waals surface area contributed by atoms with Crippen LogP contribution in [0.25, 0.3) is 0 Å². The lowest BCUT2D eigenvalue weighted by molar-refractivity contribution is -0.723. The van der Waals surface area contributed by atoms with Crippen molar-refractivity contribution < 1.29 is 24.1 Å². The number of pyridine rings is 1. The van der Waals surface area contributed by atoms with Crippen molar-refractivity contribution >= 4 is 13.3 Å². The summed E-state index contributed by atoms with van der Waals surface area (Å²) in [5.74, 6) is 0. The number of aromatic nitrogens is 1. The van der Waals surface area contributed by atoms with Crippen molar-refractivity contribution in [3.63, 3.8) is 0 Å². The Kier molecular flexibility index (Phi) is 6.21. The molecule has 0 saturated carbocycles. The van der Waals surface area contributed by atoms with E-state index in [1.165, 1.54) is 0 Å². The fourth-order valence-corrected chi connectivity index (χ4v) is 5.15. The van der Waals surface area contributed by atoms with Gasteiger partial charge in [0.25, 0.3) is 0 Å². The monoisotopic (exact) mass is 299 g/mol. The summed E-state index contributed by atoms with van der Waals surface area (Å²) in [5.41, 5.74) is 0.509. The molecule has 0 spiro atoms. The molecular weight excluding hydrogens is 277 g/mol. The quantitative estimate of drug-likeness (QED) is 0.665. The van der Waals surface area contributed by atoms with Gasteiger partial charge in [0.05, 0.1) is 7.14 Å². The van der Waals surface area contributed by atoms with Crippen molar-refractivity contribution in [2.75, 3.05) is 12.3 Å². The number of hydrogen-bond donors (Lipinski definition) is 1. The molecule has 1 aromatic heterocycles. The summed E-state index contributed by atoms with van der Waals surface area (Å²) >= 11 is 0. The summed E-state index contributed by atoms with van der Waals surface area (Å²) in [6.45, 7) is 4.28. The zero-order valence-corrected chi connectivity index (χ0v) is 12.8. The van der Waals surface area contributed by atoms with Gasteiger partial charge in [-0.2, -0.15) is 0 Å². The molecule has 2 rings (SSSR count). The van der Waals surface area contributed by atoms with Crippen LogP contribution in [0, 0.1) is 0 Å². The lowest BCUT2D eigenvalue weighted by Gasteiger charge is -2.09. The third-order valence-electron chi connectivity index (χ3n) is 3.76. The summed E-state index contributed by atoms with van der Waals surface area (Å²) in [4.78, 5) is 8.44. The van der Waals surface area contributed by atoms with Gasteiger partial charge in [-0.1, -0.05) is 19.9 Å². The second-order valence-electron chi connectivity index (χ2n) is 4.99. The minimum Gasteiger partial charge on any atom is -0.565 e. The Labute approximate surface area is 119 Å². The average Bonchev–Trinajstić information content (AvgIpc) is 3.08. The highest BCUT2D eigenvalue weighted by Gasteiger charge is 2.49. The van der Waals surface area contributed by atoms with Crippen LogP contribution in [0.4, 0.5) is 4.79 Å². The highest BCUT2D eigenvalue weighted by atomic mass is 31.2. The highest BCUT2D eigenvalue weighted by molar-refractivity contribution is 7.72. The Balaban J connectivity index is 0.000000444. The van der Waals surface area contributed by atoms with Crippen LogP contribution in [0.3, 0.4) is 0 Å². The first kappa shape index (κ1) is 16.7. The van der Waals surface area contributed by atoms with Gasteiger partial charge in [-0.05, 0) is 6.16 Å². The molecule has 0 radical (unpaired) electrons. The lowest BCUT2D eigenvalue weighted by atomic mass is 10.1. The van der Waals surface area contributed by atoms with Gasteiger partial charge < -0.3 is 19.6 Å². The molecule has 1 saturated heterocycles. The van der Waals surface area contributed by atoms with Crippen LogP contribution in [0.1, 0.15) is 32.7 Å². The molecule has 3 atom stereocenters. The Bertz CT molecular complexity index is 473. The maximum absolute atomic E-state index is 12.1. The van der Waals surface area contributed by atoms with Crippen LogP contribution < -0.4 is 9.67 Å². The van der Waals surface area contributed by atoms with Gasteiger partial charge in [0.15, 0.2) is 18.4 Å². The molecule has 2 heterocycles. The summed E-state index contributed by atoms with van der Waals surface area (Å²) in [6, 6.07) is 6.69. The predicted molar refractivity (Wildman–Crippen MR) is 75.4 cm³/mol. The van der Waals surface area contributed by atoms with Gasteiger partial charge in [0.1, 0.15) is 0 Å². The molecule has 0 amide bonds. The van der Waals surface area contributed by atoms with Crippen LogP contribution >= 0.6 is 7.14 Å². The Hall–Kier alpha value is -1.35. The third kappa shape index (κ3) is 4.97. The smallest absolute Gasteiger partial charge is 0.249 e. The molecule has 20 heavy (non-hydrogen) atoms. The topological polar surface area (TPSA) is 81.3 Å². The first-order valence-electron chi connectivity index (χ1n) is 6.86. The van der Waals surface area contributed by atoms with Crippen LogP contribution in [-0.4, -0.2) is 29.2 Å². The van der Waals surface area contributed by atoms with E-state index in [4.69, 9.17) is 15.0 Å². The summed E-state index contributed by atoms with van der Waals surface area (Å²) in [7, 11) is -1.71. The fourth-order valence-electron chi connectivity index (χ4n) is 2.43. The van der Waals surface area contributed by atoms with Crippen molar-refractivity contribution in [2.45, 2.75) is 38.4 Å². The molecule has 1 aliphatic heterocycles. The summed E-state index contributed by atoms with van der Waals surface area (Å²) < 4.78 is 14.4. The number of nitrogens with zero attached hydrogens (tertiary/aromatic N) is 1. The van der Waals surface area contributed by atoms with Crippen LogP contribution in [0.15, 0.2) is 30.6 Å². The molecule has 6 heteroatoms. The molecule has 1 fully saturated rings. The molecule has 1 aromatic rings. The molecule has 3 unspecified atom stereocenters. The normalized spacial score (nSPS) is 25.2.